The van der Waals surface area contributed by atoms with E-state index in [2.05, 4.69) is 16.2 Å². The minimum absolute atomic E-state index is 0.0736. The van der Waals surface area contributed by atoms with Crippen molar-refractivity contribution in [3.63, 3.8) is 0 Å². The van der Waals surface area contributed by atoms with Crippen LogP contribution in [0.3, 0.4) is 0 Å². The van der Waals surface area contributed by atoms with Crippen LogP contribution in [0.15, 0.2) is 61.1 Å². The van der Waals surface area contributed by atoms with Gasteiger partial charge in [-0.2, -0.15) is 5.10 Å². The Labute approximate surface area is 163 Å². The molecule has 6 nitrogen and oxygen atoms in total. The van der Waals surface area contributed by atoms with Crippen LogP contribution in [0.4, 0.5) is 4.79 Å². The normalized spacial score (nSPS) is 21.4. The average molecular weight is 374 g/mol. The Kier molecular flexibility index (Phi) is 4.31. The first kappa shape index (κ1) is 17.0. The predicted molar refractivity (Wildman–Crippen MR) is 105 cm³/mol. The first-order chi connectivity index (χ1) is 13.8. The molecule has 2 bridgehead atoms. The number of ether oxygens (including phenoxy) is 1. The SMILES string of the molecule is O=C(OCc1ccccc1)N1C2C=C(c3cnn4cccnc34)CC1CCC2. The molecule has 5 rings (SSSR count). The van der Waals surface area contributed by atoms with Crippen molar-refractivity contribution in [2.24, 2.45) is 0 Å². The number of benzene rings is 1. The Bertz CT molecular complexity index is 1030. The van der Waals surface area contributed by atoms with Gasteiger partial charge in [0.25, 0.3) is 0 Å². The van der Waals surface area contributed by atoms with Gasteiger partial charge in [-0.1, -0.05) is 36.4 Å². The number of fused-ring (bicyclic) bond motifs is 3. The molecule has 2 unspecified atom stereocenters. The van der Waals surface area contributed by atoms with E-state index in [9.17, 15) is 4.79 Å². The standard InChI is InChI=1S/C22H22N4O2/c27-22(28-15-16-6-2-1-3-7-16)26-18-8-4-9-19(26)13-17(12-18)20-14-24-25-11-5-10-23-21(20)25/h1-3,5-7,10-12,14,18-19H,4,8-9,13,15H2. The average Bonchev–Trinajstić information content (AvgIpc) is 3.16. The van der Waals surface area contributed by atoms with Crippen LogP contribution < -0.4 is 0 Å². The summed E-state index contributed by atoms with van der Waals surface area (Å²) in [6.45, 7) is 0.310. The second-order valence-corrected chi connectivity index (χ2v) is 7.44. The predicted octanol–water partition coefficient (Wildman–Crippen LogP) is 4.08. The third-order valence-electron chi connectivity index (χ3n) is 5.68. The highest BCUT2D eigenvalue weighted by atomic mass is 16.6. The van der Waals surface area contributed by atoms with E-state index in [4.69, 9.17) is 4.74 Å². The van der Waals surface area contributed by atoms with E-state index in [1.165, 1.54) is 5.57 Å². The quantitative estimate of drug-likeness (QED) is 0.693. The fourth-order valence-electron chi connectivity index (χ4n) is 4.36. The lowest BCUT2D eigenvalue weighted by Crippen LogP contribution is -2.51. The summed E-state index contributed by atoms with van der Waals surface area (Å²) in [6, 6.07) is 11.9. The summed E-state index contributed by atoms with van der Waals surface area (Å²) in [5.41, 5.74) is 4.17. The van der Waals surface area contributed by atoms with Crippen molar-refractivity contribution in [2.75, 3.05) is 0 Å². The van der Waals surface area contributed by atoms with Crippen LogP contribution in [0.5, 0.6) is 0 Å². The molecule has 2 aliphatic rings. The number of nitrogens with zero attached hydrogens (tertiary/aromatic N) is 4. The zero-order chi connectivity index (χ0) is 18.9. The van der Waals surface area contributed by atoms with Crippen LogP contribution in [0.25, 0.3) is 11.2 Å². The fraction of sp³-hybridized carbons (Fsp3) is 0.318. The van der Waals surface area contributed by atoms with Gasteiger partial charge in [-0.15, -0.1) is 0 Å². The van der Waals surface area contributed by atoms with Crippen LogP contribution in [0, 0.1) is 0 Å². The molecular formula is C22H22N4O2. The van der Waals surface area contributed by atoms with Crippen molar-refractivity contribution in [3.8, 4) is 0 Å². The lowest BCUT2D eigenvalue weighted by Gasteiger charge is -2.44. The van der Waals surface area contributed by atoms with E-state index < -0.39 is 0 Å². The molecule has 2 atom stereocenters. The van der Waals surface area contributed by atoms with Gasteiger partial charge in [-0.05, 0) is 42.9 Å². The number of carbonyl (C=O) groups is 1. The van der Waals surface area contributed by atoms with Crippen LogP contribution in [0.2, 0.25) is 0 Å². The van der Waals surface area contributed by atoms with Crippen molar-refractivity contribution in [1.29, 1.82) is 0 Å². The maximum absolute atomic E-state index is 12.8. The highest BCUT2D eigenvalue weighted by Gasteiger charge is 2.38. The number of carbonyl (C=O) groups excluding carboxylic acids is 1. The lowest BCUT2D eigenvalue weighted by molar-refractivity contribution is 0.0510. The molecule has 3 aromatic rings. The van der Waals surface area contributed by atoms with Gasteiger partial charge >= 0.3 is 6.09 Å². The highest BCUT2D eigenvalue weighted by molar-refractivity contribution is 5.79. The van der Waals surface area contributed by atoms with Crippen LogP contribution in [-0.2, 0) is 11.3 Å². The fourth-order valence-corrected chi connectivity index (χ4v) is 4.36. The van der Waals surface area contributed by atoms with Gasteiger partial charge in [0.15, 0.2) is 5.65 Å². The summed E-state index contributed by atoms with van der Waals surface area (Å²) in [7, 11) is 0. The molecule has 142 valence electrons. The summed E-state index contributed by atoms with van der Waals surface area (Å²) in [5, 5.41) is 4.41. The molecular weight excluding hydrogens is 352 g/mol. The molecule has 1 aromatic carbocycles. The monoisotopic (exact) mass is 374 g/mol. The first-order valence-corrected chi connectivity index (χ1v) is 9.78. The molecule has 2 aromatic heterocycles. The molecule has 28 heavy (non-hydrogen) atoms. The number of aromatic nitrogens is 3. The summed E-state index contributed by atoms with van der Waals surface area (Å²) in [5.74, 6) is 0. The number of hydrogen-bond acceptors (Lipinski definition) is 4. The Morgan fingerprint density at radius 3 is 2.93 bits per heavy atom. The van der Waals surface area contributed by atoms with Crippen molar-refractivity contribution < 1.29 is 9.53 Å². The maximum Gasteiger partial charge on any atom is 0.410 e. The lowest BCUT2D eigenvalue weighted by atomic mass is 9.83. The highest BCUT2D eigenvalue weighted by Crippen LogP contribution is 2.38. The van der Waals surface area contributed by atoms with Crippen LogP contribution >= 0.6 is 0 Å². The molecule has 0 N–H and O–H groups in total. The van der Waals surface area contributed by atoms with E-state index in [1.807, 2.05) is 53.7 Å². The second-order valence-electron chi connectivity index (χ2n) is 7.44. The van der Waals surface area contributed by atoms with Gasteiger partial charge in [0.1, 0.15) is 6.61 Å². The molecule has 4 heterocycles. The van der Waals surface area contributed by atoms with Crippen LogP contribution in [0.1, 0.15) is 36.8 Å². The number of rotatable bonds is 3. The minimum Gasteiger partial charge on any atom is -0.445 e. The zero-order valence-corrected chi connectivity index (χ0v) is 15.6. The number of hydrogen-bond donors (Lipinski definition) is 0. The van der Waals surface area contributed by atoms with Crippen molar-refractivity contribution in [1.82, 2.24) is 19.5 Å². The van der Waals surface area contributed by atoms with Crippen molar-refractivity contribution in [3.05, 3.63) is 72.2 Å². The molecule has 0 aliphatic carbocycles. The molecule has 1 fully saturated rings. The number of piperidine rings is 1. The third-order valence-corrected chi connectivity index (χ3v) is 5.68. The van der Waals surface area contributed by atoms with Gasteiger partial charge in [0.05, 0.1) is 12.2 Å². The molecule has 0 radical (unpaired) electrons. The smallest absolute Gasteiger partial charge is 0.410 e. The van der Waals surface area contributed by atoms with E-state index in [-0.39, 0.29) is 18.2 Å². The third kappa shape index (κ3) is 3.05. The van der Waals surface area contributed by atoms with Crippen molar-refractivity contribution in [2.45, 2.75) is 44.4 Å². The van der Waals surface area contributed by atoms with Gasteiger partial charge in [-0.25, -0.2) is 14.3 Å². The largest absolute Gasteiger partial charge is 0.445 e. The van der Waals surface area contributed by atoms with E-state index >= 15 is 0 Å². The van der Waals surface area contributed by atoms with Gasteiger partial charge in [-0.3, -0.25) is 4.90 Å². The Morgan fingerprint density at radius 2 is 2.07 bits per heavy atom. The zero-order valence-electron chi connectivity index (χ0n) is 15.6. The summed E-state index contributed by atoms with van der Waals surface area (Å²) < 4.78 is 7.43. The van der Waals surface area contributed by atoms with Gasteiger partial charge in [0.2, 0.25) is 0 Å². The first-order valence-electron chi connectivity index (χ1n) is 9.78. The Morgan fingerprint density at radius 1 is 1.18 bits per heavy atom. The van der Waals surface area contributed by atoms with E-state index in [0.717, 1.165) is 42.5 Å². The molecule has 0 spiro atoms. The number of amides is 1. The molecule has 1 saturated heterocycles. The summed E-state index contributed by atoms with van der Waals surface area (Å²) >= 11 is 0. The Hall–Kier alpha value is -3.15. The van der Waals surface area contributed by atoms with E-state index in [1.54, 1.807) is 10.7 Å². The summed E-state index contributed by atoms with van der Waals surface area (Å²) in [4.78, 5) is 19.3. The van der Waals surface area contributed by atoms with Crippen LogP contribution in [-0.4, -0.2) is 37.7 Å². The molecule has 6 heteroatoms. The van der Waals surface area contributed by atoms with Gasteiger partial charge < -0.3 is 4.74 Å². The topological polar surface area (TPSA) is 59.7 Å². The van der Waals surface area contributed by atoms with E-state index in [0.29, 0.717) is 6.61 Å². The molecule has 1 amide bonds. The molecule has 2 aliphatic heterocycles. The second kappa shape index (κ2) is 7.11. The summed E-state index contributed by atoms with van der Waals surface area (Å²) in [6.07, 6.45) is 11.5. The van der Waals surface area contributed by atoms with Crippen molar-refractivity contribution >= 4 is 17.3 Å². The Balaban J connectivity index is 1.38. The van der Waals surface area contributed by atoms with Gasteiger partial charge in [0, 0.05) is 24.0 Å². The maximum atomic E-state index is 12.8. The minimum atomic E-state index is -0.216. The molecule has 0 saturated carbocycles.